The Bertz CT molecular complexity index is 874. The number of ether oxygens (including phenoxy) is 2. The summed E-state index contributed by atoms with van der Waals surface area (Å²) in [6, 6.07) is 19.9. The third-order valence-corrected chi connectivity index (χ3v) is 4.12. The number of hydrogen-bond acceptors (Lipinski definition) is 6. The second-order valence-electron chi connectivity index (χ2n) is 6.12. The minimum absolute atomic E-state index is 0.0487. The van der Waals surface area contributed by atoms with E-state index in [1.807, 2.05) is 60.7 Å². The van der Waals surface area contributed by atoms with Gasteiger partial charge in [-0.2, -0.15) is 0 Å². The zero-order valence-corrected chi connectivity index (χ0v) is 15.2. The number of carbonyl (C=O) groups is 2. The van der Waals surface area contributed by atoms with Crippen LogP contribution < -0.4 is 5.73 Å². The van der Waals surface area contributed by atoms with Gasteiger partial charge in [0, 0.05) is 11.8 Å². The van der Waals surface area contributed by atoms with Gasteiger partial charge in [-0.25, -0.2) is 0 Å². The Kier molecular flexibility index (Phi) is 6.36. The van der Waals surface area contributed by atoms with Crippen LogP contribution in [0.4, 0.5) is 5.69 Å². The van der Waals surface area contributed by atoms with Gasteiger partial charge in [0.15, 0.2) is 5.92 Å². The molecule has 3 rings (SSSR count). The van der Waals surface area contributed by atoms with Crippen molar-refractivity contribution in [3.63, 3.8) is 0 Å². The van der Waals surface area contributed by atoms with E-state index in [9.17, 15) is 9.59 Å². The molecule has 0 unspecified atom stereocenters. The Morgan fingerprint density at radius 3 is 1.79 bits per heavy atom. The highest BCUT2D eigenvalue weighted by molar-refractivity contribution is 6.02. The summed E-state index contributed by atoms with van der Waals surface area (Å²) in [6.07, 6.45) is 2.85. The van der Waals surface area contributed by atoms with Crippen LogP contribution in [0.3, 0.4) is 0 Å². The Morgan fingerprint density at radius 2 is 1.32 bits per heavy atom. The topological polar surface area (TPSA) is 91.5 Å². The largest absolute Gasteiger partial charge is 0.460 e. The van der Waals surface area contributed by atoms with Crippen LogP contribution in [-0.4, -0.2) is 16.9 Å². The van der Waals surface area contributed by atoms with E-state index in [2.05, 4.69) is 4.98 Å². The summed E-state index contributed by atoms with van der Waals surface area (Å²) in [5, 5.41) is 0. The molecule has 0 bridgehead atoms. The Labute approximate surface area is 162 Å². The third kappa shape index (κ3) is 4.94. The zero-order chi connectivity index (χ0) is 19.8. The van der Waals surface area contributed by atoms with Crippen LogP contribution in [-0.2, 0) is 32.3 Å². The summed E-state index contributed by atoms with van der Waals surface area (Å²) in [7, 11) is 0. The lowest BCUT2D eigenvalue weighted by Crippen LogP contribution is -2.27. The van der Waals surface area contributed by atoms with Crippen LogP contribution in [0.15, 0.2) is 79.1 Å². The number of pyridine rings is 1. The highest BCUT2D eigenvalue weighted by Crippen LogP contribution is 2.25. The van der Waals surface area contributed by atoms with Gasteiger partial charge < -0.3 is 15.2 Å². The van der Waals surface area contributed by atoms with Crippen molar-refractivity contribution in [2.45, 2.75) is 19.1 Å². The van der Waals surface area contributed by atoms with Crippen LogP contribution in [0.5, 0.6) is 0 Å². The first-order valence-electron chi connectivity index (χ1n) is 8.75. The molecule has 0 aliphatic carbocycles. The molecule has 142 valence electrons. The van der Waals surface area contributed by atoms with Gasteiger partial charge in [0.2, 0.25) is 0 Å². The van der Waals surface area contributed by atoms with Crippen molar-refractivity contribution in [1.29, 1.82) is 0 Å². The molecular weight excluding hydrogens is 356 g/mol. The van der Waals surface area contributed by atoms with E-state index < -0.39 is 17.9 Å². The first-order valence-corrected chi connectivity index (χ1v) is 8.75. The molecule has 1 aromatic heterocycles. The monoisotopic (exact) mass is 376 g/mol. The van der Waals surface area contributed by atoms with Gasteiger partial charge in [0.05, 0.1) is 11.9 Å². The summed E-state index contributed by atoms with van der Waals surface area (Å²) >= 11 is 0. The van der Waals surface area contributed by atoms with Gasteiger partial charge in [-0.05, 0) is 17.2 Å². The first-order chi connectivity index (χ1) is 13.6. The number of carbonyl (C=O) groups excluding carboxylic acids is 2. The molecule has 6 heteroatoms. The van der Waals surface area contributed by atoms with E-state index in [0.29, 0.717) is 5.56 Å². The number of rotatable bonds is 7. The van der Waals surface area contributed by atoms with Crippen LogP contribution in [0, 0.1) is 0 Å². The number of nitrogens with zero attached hydrogens (tertiary/aromatic N) is 1. The quantitative estimate of drug-likeness (QED) is 0.503. The van der Waals surface area contributed by atoms with Crippen LogP contribution in [0.1, 0.15) is 22.6 Å². The molecule has 2 aromatic carbocycles. The molecule has 0 fully saturated rings. The molecule has 0 aliphatic rings. The molecule has 0 aliphatic heterocycles. The van der Waals surface area contributed by atoms with E-state index in [-0.39, 0.29) is 18.9 Å². The lowest BCUT2D eigenvalue weighted by molar-refractivity contribution is -0.159. The smallest absolute Gasteiger partial charge is 0.325 e. The highest BCUT2D eigenvalue weighted by Gasteiger charge is 2.33. The molecule has 3 aromatic rings. The van der Waals surface area contributed by atoms with Crippen LogP contribution in [0.2, 0.25) is 0 Å². The average Bonchev–Trinajstić information content (AvgIpc) is 2.74. The number of esters is 2. The van der Waals surface area contributed by atoms with Gasteiger partial charge in [-0.3, -0.25) is 14.6 Å². The molecule has 28 heavy (non-hydrogen) atoms. The van der Waals surface area contributed by atoms with Gasteiger partial charge in [-0.15, -0.1) is 0 Å². The van der Waals surface area contributed by atoms with Crippen molar-refractivity contribution >= 4 is 17.6 Å². The van der Waals surface area contributed by atoms with E-state index >= 15 is 0 Å². The summed E-state index contributed by atoms with van der Waals surface area (Å²) < 4.78 is 10.7. The molecule has 2 N–H and O–H groups in total. The van der Waals surface area contributed by atoms with Gasteiger partial charge in [0.1, 0.15) is 13.2 Å². The summed E-state index contributed by atoms with van der Waals surface area (Å²) in [6.45, 7) is 0.0975. The van der Waals surface area contributed by atoms with E-state index in [0.717, 1.165) is 11.1 Å². The fraction of sp³-hybridized carbons (Fsp3) is 0.136. The van der Waals surface area contributed by atoms with Crippen molar-refractivity contribution in [3.8, 4) is 0 Å². The summed E-state index contributed by atoms with van der Waals surface area (Å²) in [5.41, 5.74) is 8.10. The van der Waals surface area contributed by atoms with Gasteiger partial charge >= 0.3 is 11.9 Å². The second-order valence-corrected chi connectivity index (χ2v) is 6.12. The Hall–Kier alpha value is -3.67. The zero-order valence-electron chi connectivity index (χ0n) is 15.2. The molecule has 0 saturated heterocycles. The van der Waals surface area contributed by atoms with Crippen molar-refractivity contribution in [3.05, 3.63) is 95.8 Å². The maximum Gasteiger partial charge on any atom is 0.325 e. The number of hydrogen-bond donors (Lipinski definition) is 1. The predicted molar refractivity (Wildman–Crippen MR) is 104 cm³/mol. The lowest BCUT2D eigenvalue weighted by atomic mass is 9.99. The first kappa shape index (κ1) is 19.1. The van der Waals surface area contributed by atoms with E-state index in [4.69, 9.17) is 15.2 Å². The van der Waals surface area contributed by atoms with Crippen molar-refractivity contribution in [2.75, 3.05) is 5.73 Å². The molecule has 6 nitrogen and oxygen atoms in total. The van der Waals surface area contributed by atoms with E-state index in [1.54, 1.807) is 0 Å². The van der Waals surface area contributed by atoms with Gasteiger partial charge in [-0.1, -0.05) is 60.7 Å². The lowest BCUT2D eigenvalue weighted by Gasteiger charge is -2.17. The van der Waals surface area contributed by atoms with E-state index in [1.165, 1.54) is 18.5 Å². The second kappa shape index (κ2) is 9.32. The average molecular weight is 376 g/mol. The molecule has 0 spiro atoms. The summed E-state index contributed by atoms with van der Waals surface area (Å²) in [5.74, 6) is -2.73. The summed E-state index contributed by atoms with van der Waals surface area (Å²) in [4.78, 5) is 29.3. The van der Waals surface area contributed by atoms with Gasteiger partial charge in [0.25, 0.3) is 0 Å². The van der Waals surface area contributed by atoms with Crippen LogP contribution >= 0.6 is 0 Å². The van der Waals surface area contributed by atoms with Crippen molar-refractivity contribution in [1.82, 2.24) is 4.98 Å². The predicted octanol–water partition coefficient (Wildman–Crippen LogP) is 3.23. The maximum atomic E-state index is 12.7. The number of aromatic nitrogens is 1. The minimum atomic E-state index is -1.28. The molecular formula is C22H20N2O4. The molecule has 0 radical (unpaired) electrons. The third-order valence-electron chi connectivity index (χ3n) is 4.12. The fourth-order valence-corrected chi connectivity index (χ4v) is 2.65. The molecule has 1 heterocycles. The molecule has 0 saturated carbocycles. The van der Waals surface area contributed by atoms with Crippen LogP contribution in [0.25, 0.3) is 0 Å². The number of nitrogens with two attached hydrogens (primary N) is 1. The Balaban J connectivity index is 1.75. The molecule has 0 atom stereocenters. The number of benzene rings is 2. The normalized spacial score (nSPS) is 10.5. The van der Waals surface area contributed by atoms with Crippen molar-refractivity contribution in [2.24, 2.45) is 0 Å². The highest BCUT2D eigenvalue weighted by atomic mass is 16.6. The molecule has 0 amide bonds. The maximum absolute atomic E-state index is 12.7. The number of anilines is 1. The van der Waals surface area contributed by atoms with Crippen molar-refractivity contribution < 1.29 is 19.1 Å². The number of nitrogen functional groups attached to an aromatic ring is 1. The standard InChI is InChI=1S/C22H20N2O4/c23-19-13-24-12-11-18(19)20(21(25)27-14-16-7-3-1-4-8-16)22(26)28-15-17-9-5-2-6-10-17/h1-13,20H,14-15,23H2. The fourth-order valence-electron chi connectivity index (χ4n) is 2.65. The minimum Gasteiger partial charge on any atom is -0.460 e. The Morgan fingerprint density at radius 1 is 0.821 bits per heavy atom. The SMILES string of the molecule is Nc1cnccc1C(C(=O)OCc1ccccc1)C(=O)OCc1ccccc1.